The number of aromatic hydroxyl groups is 1. The second-order valence-corrected chi connectivity index (χ2v) is 9.91. The van der Waals surface area contributed by atoms with Crippen LogP contribution in [0.15, 0.2) is 28.9 Å². The maximum absolute atomic E-state index is 13.1. The highest BCUT2D eigenvalue weighted by molar-refractivity contribution is 6.05. The molecule has 4 atom stereocenters. The van der Waals surface area contributed by atoms with Gasteiger partial charge < -0.3 is 15.3 Å². The average molecular weight is 470 g/mol. The summed E-state index contributed by atoms with van der Waals surface area (Å²) in [6, 6.07) is 3.88. The molecule has 34 heavy (non-hydrogen) atoms. The van der Waals surface area contributed by atoms with Gasteiger partial charge in [0.1, 0.15) is 5.75 Å². The molecule has 1 aromatic carbocycles. The molecule has 3 rings (SSSR count). The lowest BCUT2D eigenvalue weighted by atomic mass is 9.67. The van der Waals surface area contributed by atoms with E-state index in [9.17, 15) is 24.9 Å². The number of benzene rings is 1. The Labute approximate surface area is 203 Å². The summed E-state index contributed by atoms with van der Waals surface area (Å²) in [6.07, 6.45) is 4.29. The number of aliphatic hydroxyl groups excluding tert-OH is 2. The molecule has 0 spiro atoms. The SMILES string of the molecule is CCCN1C(=O)[C@@H]2[C@@H](CC(CC)=C([C@H](O)CC/C(C)=C/c3cc(C)c(O)c(C)c3)[C@@H]2CO)C1=O. The fourth-order valence-electron chi connectivity index (χ4n) is 5.76. The molecule has 0 aromatic heterocycles. The van der Waals surface area contributed by atoms with Crippen LogP contribution in [0.4, 0.5) is 0 Å². The van der Waals surface area contributed by atoms with E-state index in [1.54, 1.807) is 0 Å². The molecule has 1 aliphatic carbocycles. The summed E-state index contributed by atoms with van der Waals surface area (Å²) < 4.78 is 0. The summed E-state index contributed by atoms with van der Waals surface area (Å²) in [7, 11) is 0. The van der Waals surface area contributed by atoms with Gasteiger partial charge >= 0.3 is 0 Å². The Morgan fingerprint density at radius 1 is 1.18 bits per heavy atom. The van der Waals surface area contributed by atoms with Crippen LogP contribution in [0.3, 0.4) is 0 Å². The van der Waals surface area contributed by atoms with E-state index in [2.05, 4.69) is 6.08 Å². The molecule has 0 saturated carbocycles. The Morgan fingerprint density at radius 3 is 2.38 bits per heavy atom. The third-order valence-electron chi connectivity index (χ3n) is 7.44. The predicted octanol–water partition coefficient (Wildman–Crippen LogP) is 4.28. The van der Waals surface area contributed by atoms with Crippen LogP contribution in [-0.2, 0) is 9.59 Å². The van der Waals surface area contributed by atoms with Crippen molar-refractivity contribution in [1.29, 1.82) is 0 Å². The fraction of sp³-hybridized carbons (Fsp3) is 0.571. The zero-order chi connectivity index (χ0) is 25.2. The number of likely N-dealkylation sites (tertiary alicyclic amines) is 1. The van der Waals surface area contributed by atoms with Crippen molar-refractivity contribution in [2.24, 2.45) is 17.8 Å². The number of hydrogen-bond acceptors (Lipinski definition) is 5. The second kappa shape index (κ2) is 10.9. The zero-order valence-corrected chi connectivity index (χ0v) is 21.1. The Bertz CT molecular complexity index is 985. The number of rotatable bonds is 9. The van der Waals surface area contributed by atoms with Crippen LogP contribution in [0.25, 0.3) is 6.08 Å². The molecule has 0 radical (unpaired) electrons. The molecule has 6 heteroatoms. The van der Waals surface area contributed by atoms with Crippen molar-refractivity contribution < 1.29 is 24.9 Å². The minimum absolute atomic E-state index is 0.131. The number of carbonyl (C=O) groups excluding carboxylic acids is 2. The maximum Gasteiger partial charge on any atom is 0.233 e. The summed E-state index contributed by atoms with van der Waals surface area (Å²) in [5.41, 5.74) is 5.51. The second-order valence-electron chi connectivity index (χ2n) is 9.91. The van der Waals surface area contributed by atoms with Gasteiger partial charge in [-0.1, -0.05) is 31.1 Å². The summed E-state index contributed by atoms with van der Waals surface area (Å²) in [5, 5.41) is 31.5. The molecule has 2 aliphatic rings. The van der Waals surface area contributed by atoms with E-state index in [0.717, 1.165) is 33.4 Å². The number of nitrogens with zero attached hydrogens (tertiary/aromatic N) is 1. The first-order valence-electron chi connectivity index (χ1n) is 12.5. The number of phenolic OH excluding ortho intramolecular Hbond substituents is 1. The Kier molecular flexibility index (Phi) is 8.37. The van der Waals surface area contributed by atoms with E-state index in [1.165, 1.54) is 4.90 Å². The number of hydrogen-bond donors (Lipinski definition) is 3. The normalized spacial score (nSPS) is 24.1. The van der Waals surface area contributed by atoms with Crippen LogP contribution in [0, 0.1) is 31.6 Å². The molecule has 186 valence electrons. The Balaban J connectivity index is 1.80. The third kappa shape index (κ3) is 4.98. The van der Waals surface area contributed by atoms with Crippen molar-refractivity contribution in [3.63, 3.8) is 0 Å². The zero-order valence-electron chi connectivity index (χ0n) is 21.1. The summed E-state index contributed by atoms with van der Waals surface area (Å²) in [4.78, 5) is 27.4. The molecule has 1 aromatic rings. The molecular formula is C28H39NO5. The van der Waals surface area contributed by atoms with Crippen molar-refractivity contribution in [1.82, 2.24) is 4.90 Å². The van der Waals surface area contributed by atoms with Crippen LogP contribution < -0.4 is 0 Å². The minimum atomic E-state index is -0.775. The standard InChI is InChI=1S/C28H39NO5/c1-6-10-29-27(33)21-14-20(7-2)24(22(15-30)25(21)28(29)34)23(31)9-8-16(3)11-19-12-17(4)26(32)18(5)13-19/h11-13,21-23,25,30-32H,6-10,14-15H2,1-5H3/b16-11+/t21-,22+,23-,25-/m1/s1. The molecule has 6 nitrogen and oxygen atoms in total. The van der Waals surface area contributed by atoms with E-state index in [1.807, 2.05) is 46.8 Å². The van der Waals surface area contributed by atoms with Gasteiger partial charge in [-0.05, 0) is 87.3 Å². The summed E-state index contributed by atoms with van der Waals surface area (Å²) in [6.45, 7) is 9.86. The highest BCUT2D eigenvalue weighted by atomic mass is 16.3. The lowest BCUT2D eigenvalue weighted by molar-refractivity contribution is -0.140. The molecule has 0 unspecified atom stereocenters. The Hall–Kier alpha value is -2.44. The molecular weight excluding hydrogens is 430 g/mol. The average Bonchev–Trinajstić information content (AvgIpc) is 3.04. The molecule has 1 heterocycles. The highest BCUT2D eigenvalue weighted by Gasteiger charge is 2.54. The molecule has 0 bridgehead atoms. The third-order valence-corrected chi connectivity index (χ3v) is 7.44. The molecule has 2 amide bonds. The van der Waals surface area contributed by atoms with Crippen LogP contribution in [0.1, 0.15) is 69.6 Å². The van der Waals surface area contributed by atoms with Gasteiger partial charge in [-0.3, -0.25) is 14.5 Å². The van der Waals surface area contributed by atoms with Crippen LogP contribution in [0.2, 0.25) is 0 Å². The highest BCUT2D eigenvalue weighted by Crippen LogP contribution is 2.47. The fourth-order valence-corrected chi connectivity index (χ4v) is 5.76. The van der Waals surface area contributed by atoms with E-state index in [0.29, 0.717) is 44.4 Å². The lowest BCUT2D eigenvalue weighted by Crippen LogP contribution is -2.39. The number of carbonyl (C=O) groups is 2. The van der Waals surface area contributed by atoms with E-state index in [-0.39, 0.29) is 18.4 Å². The first-order valence-corrected chi connectivity index (χ1v) is 12.5. The van der Waals surface area contributed by atoms with Crippen molar-refractivity contribution >= 4 is 17.9 Å². The number of fused-ring (bicyclic) bond motifs is 1. The maximum atomic E-state index is 13.1. The summed E-state index contributed by atoms with van der Waals surface area (Å²) >= 11 is 0. The van der Waals surface area contributed by atoms with Crippen molar-refractivity contribution in [3.8, 4) is 5.75 Å². The van der Waals surface area contributed by atoms with Gasteiger partial charge in [-0.25, -0.2) is 0 Å². The lowest BCUT2D eigenvalue weighted by Gasteiger charge is -2.36. The van der Waals surface area contributed by atoms with Gasteiger partial charge in [0.05, 0.1) is 24.5 Å². The van der Waals surface area contributed by atoms with Crippen molar-refractivity contribution in [2.75, 3.05) is 13.2 Å². The van der Waals surface area contributed by atoms with Crippen molar-refractivity contribution in [2.45, 2.75) is 72.8 Å². The van der Waals surface area contributed by atoms with Crippen LogP contribution >= 0.6 is 0 Å². The van der Waals surface area contributed by atoms with E-state index in [4.69, 9.17) is 0 Å². The van der Waals surface area contributed by atoms with Gasteiger partial charge in [-0.2, -0.15) is 0 Å². The largest absolute Gasteiger partial charge is 0.507 e. The number of allylic oxidation sites excluding steroid dienone is 2. The number of aliphatic hydroxyl groups is 2. The van der Waals surface area contributed by atoms with Crippen molar-refractivity contribution in [3.05, 3.63) is 45.5 Å². The van der Waals surface area contributed by atoms with E-state index >= 15 is 0 Å². The number of amides is 2. The van der Waals surface area contributed by atoms with E-state index < -0.39 is 23.9 Å². The van der Waals surface area contributed by atoms with Gasteiger partial charge in [-0.15, -0.1) is 0 Å². The smallest absolute Gasteiger partial charge is 0.233 e. The molecule has 1 fully saturated rings. The molecule has 3 N–H and O–H groups in total. The number of aryl methyl sites for hydroxylation is 2. The summed E-state index contributed by atoms with van der Waals surface area (Å²) in [5.74, 6) is -1.55. The molecule has 1 aliphatic heterocycles. The first kappa shape index (κ1) is 26.2. The monoisotopic (exact) mass is 469 g/mol. The molecule has 1 saturated heterocycles. The van der Waals surface area contributed by atoms with Gasteiger partial charge in [0, 0.05) is 12.5 Å². The van der Waals surface area contributed by atoms with Gasteiger partial charge in [0.25, 0.3) is 0 Å². The minimum Gasteiger partial charge on any atom is -0.507 e. The van der Waals surface area contributed by atoms with Crippen LogP contribution in [0.5, 0.6) is 5.75 Å². The topological polar surface area (TPSA) is 98.1 Å². The predicted molar refractivity (Wildman–Crippen MR) is 133 cm³/mol. The number of imide groups is 1. The van der Waals surface area contributed by atoms with Gasteiger partial charge in [0.2, 0.25) is 11.8 Å². The first-order chi connectivity index (χ1) is 16.1. The van der Waals surface area contributed by atoms with Gasteiger partial charge in [0.15, 0.2) is 0 Å². The van der Waals surface area contributed by atoms with Crippen LogP contribution in [-0.4, -0.2) is 51.3 Å². The quantitative estimate of drug-likeness (QED) is 0.370. The Morgan fingerprint density at radius 2 is 1.82 bits per heavy atom. The number of phenols is 1.